The minimum atomic E-state index is -0.785. The molecule has 0 unspecified atom stereocenters. The number of benzene rings is 4. The molecule has 48 heavy (non-hydrogen) atoms. The number of ether oxygens (including phenoxy) is 5. The number of aromatic nitrogens is 1. The van der Waals surface area contributed by atoms with Gasteiger partial charge in [0.2, 0.25) is 0 Å². The van der Waals surface area contributed by atoms with Crippen molar-refractivity contribution in [2.75, 3.05) is 27.4 Å². The minimum absolute atomic E-state index is 0.184. The van der Waals surface area contributed by atoms with Gasteiger partial charge in [-0.05, 0) is 78.6 Å². The van der Waals surface area contributed by atoms with Gasteiger partial charge < -0.3 is 23.7 Å². The van der Waals surface area contributed by atoms with E-state index in [0.29, 0.717) is 56.8 Å². The number of rotatable bonds is 11. The highest BCUT2D eigenvalue weighted by Crippen LogP contribution is 2.36. The van der Waals surface area contributed by atoms with Gasteiger partial charge in [0.05, 0.1) is 49.3 Å². The van der Waals surface area contributed by atoms with Crippen molar-refractivity contribution in [1.29, 1.82) is 0 Å². The molecular formula is C38H36N2O7S. The van der Waals surface area contributed by atoms with E-state index in [1.54, 1.807) is 50.8 Å². The van der Waals surface area contributed by atoms with Crippen LogP contribution >= 0.6 is 11.3 Å². The van der Waals surface area contributed by atoms with Crippen molar-refractivity contribution in [3.05, 3.63) is 127 Å². The van der Waals surface area contributed by atoms with Gasteiger partial charge in [0.15, 0.2) is 27.8 Å². The van der Waals surface area contributed by atoms with E-state index in [0.717, 1.165) is 21.9 Å². The first-order valence-corrected chi connectivity index (χ1v) is 16.5. The summed E-state index contributed by atoms with van der Waals surface area (Å²) in [6, 6.07) is 24.5. The second-order valence-electron chi connectivity index (χ2n) is 11.0. The number of allylic oxidation sites excluding steroid dienone is 1. The molecule has 0 fully saturated rings. The van der Waals surface area contributed by atoms with Gasteiger partial charge in [-0.1, -0.05) is 65.9 Å². The van der Waals surface area contributed by atoms with E-state index in [2.05, 4.69) is 29.3 Å². The zero-order valence-electron chi connectivity index (χ0n) is 27.4. The second-order valence-corrected chi connectivity index (χ2v) is 12.0. The smallest absolute Gasteiger partial charge is 0.338 e. The maximum atomic E-state index is 14.2. The number of thiazole rings is 1. The number of esters is 1. The number of hydrogen-bond donors (Lipinski definition) is 0. The Kier molecular flexibility index (Phi) is 9.63. The van der Waals surface area contributed by atoms with Crippen LogP contribution < -0.4 is 33.8 Å². The van der Waals surface area contributed by atoms with Crippen LogP contribution in [0.2, 0.25) is 0 Å². The van der Waals surface area contributed by atoms with Crippen molar-refractivity contribution >= 4 is 34.2 Å². The highest BCUT2D eigenvalue weighted by molar-refractivity contribution is 7.07. The van der Waals surface area contributed by atoms with E-state index >= 15 is 0 Å². The molecule has 1 aliphatic heterocycles. The van der Waals surface area contributed by atoms with E-state index in [9.17, 15) is 9.59 Å². The minimum Gasteiger partial charge on any atom is -0.493 e. The lowest BCUT2D eigenvalue weighted by Crippen LogP contribution is -2.40. The van der Waals surface area contributed by atoms with Crippen molar-refractivity contribution in [2.24, 2.45) is 4.99 Å². The summed E-state index contributed by atoms with van der Waals surface area (Å²) >= 11 is 1.25. The Balaban J connectivity index is 1.39. The molecule has 1 atom stereocenters. The van der Waals surface area contributed by atoms with Gasteiger partial charge in [0.25, 0.3) is 5.56 Å². The molecule has 0 bridgehead atoms. The van der Waals surface area contributed by atoms with Crippen molar-refractivity contribution < 1.29 is 28.5 Å². The first-order chi connectivity index (χ1) is 23.4. The van der Waals surface area contributed by atoms with Crippen molar-refractivity contribution in [3.8, 4) is 23.0 Å². The summed E-state index contributed by atoms with van der Waals surface area (Å²) in [6.45, 7) is 6.34. The molecule has 2 heterocycles. The molecular weight excluding hydrogens is 628 g/mol. The zero-order chi connectivity index (χ0) is 33.8. The molecule has 0 saturated heterocycles. The quantitative estimate of drug-likeness (QED) is 0.161. The predicted molar refractivity (Wildman–Crippen MR) is 186 cm³/mol. The van der Waals surface area contributed by atoms with Gasteiger partial charge in [0, 0.05) is 0 Å². The lowest BCUT2D eigenvalue weighted by Gasteiger charge is -2.25. The molecule has 0 saturated carbocycles. The molecule has 0 radical (unpaired) electrons. The topological polar surface area (TPSA) is 97.6 Å². The summed E-state index contributed by atoms with van der Waals surface area (Å²) in [4.78, 5) is 32.6. The summed E-state index contributed by atoms with van der Waals surface area (Å²) in [5, 5.41) is 2.28. The summed E-state index contributed by atoms with van der Waals surface area (Å²) in [5.74, 6) is 1.65. The molecule has 0 amide bonds. The van der Waals surface area contributed by atoms with Crippen molar-refractivity contribution in [1.82, 2.24) is 4.57 Å². The Bertz CT molecular complexity index is 2210. The van der Waals surface area contributed by atoms with Crippen LogP contribution in [0.5, 0.6) is 23.0 Å². The first-order valence-electron chi connectivity index (χ1n) is 15.6. The fraction of sp³-hybridized carbons (Fsp3) is 0.237. The van der Waals surface area contributed by atoms with E-state index in [4.69, 9.17) is 23.7 Å². The summed E-state index contributed by atoms with van der Waals surface area (Å²) in [6.07, 6.45) is 1.79. The summed E-state index contributed by atoms with van der Waals surface area (Å²) in [5.41, 5.74) is 2.96. The van der Waals surface area contributed by atoms with Crippen LogP contribution in [0, 0.1) is 0 Å². The predicted octanol–water partition coefficient (Wildman–Crippen LogP) is 5.95. The fourth-order valence-electron chi connectivity index (χ4n) is 5.86. The molecule has 0 N–H and O–H groups in total. The average molecular weight is 665 g/mol. The third-order valence-corrected chi connectivity index (χ3v) is 9.05. The third-order valence-electron chi connectivity index (χ3n) is 8.07. The van der Waals surface area contributed by atoms with Crippen LogP contribution in [0.4, 0.5) is 0 Å². The number of methoxy groups -OCH3 is 2. The lowest BCUT2D eigenvalue weighted by atomic mass is 9.95. The maximum absolute atomic E-state index is 14.2. The fourth-order valence-corrected chi connectivity index (χ4v) is 6.90. The maximum Gasteiger partial charge on any atom is 0.338 e. The monoisotopic (exact) mass is 664 g/mol. The van der Waals surface area contributed by atoms with Gasteiger partial charge in [-0.3, -0.25) is 9.36 Å². The Morgan fingerprint density at radius 3 is 2.42 bits per heavy atom. The Morgan fingerprint density at radius 2 is 1.65 bits per heavy atom. The van der Waals surface area contributed by atoms with Crippen LogP contribution in [0.25, 0.3) is 16.8 Å². The summed E-state index contributed by atoms with van der Waals surface area (Å²) in [7, 11) is 3.15. The molecule has 0 spiro atoms. The second kappa shape index (κ2) is 14.2. The Morgan fingerprint density at radius 1 is 0.875 bits per heavy atom. The van der Waals surface area contributed by atoms with Crippen molar-refractivity contribution in [3.63, 3.8) is 0 Å². The van der Waals surface area contributed by atoms with Gasteiger partial charge in [-0.25, -0.2) is 9.79 Å². The van der Waals surface area contributed by atoms with E-state index in [1.165, 1.54) is 11.3 Å². The van der Waals surface area contributed by atoms with Gasteiger partial charge in [0.1, 0.15) is 6.61 Å². The van der Waals surface area contributed by atoms with Gasteiger partial charge in [-0.15, -0.1) is 0 Å². The third kappa shape index (κ3) is 6.31. The van der Waals surface area contributed by atoms with Crippen LogP contribution in [0.15, 0.2) is 99.9 Å². The molecule has 246 valence electrons. The molecule has 1 aliphatic rings. The van der Waals surface area contributed by atoms with Crippen molar-refractivity contribution in [2.45, 2.75) is 33.4 Å². The van der Waals surface area contributed by atoms with E-state index in [-0.39, 0.29) is 17.7 Å². The largest absolute Gasteiger partial charge is 0.493 e. The Labute approximate surface area is 281 Å². The van der Waals surface area contributed by atoms with Gasteiger partial charge in [-0.2, -0.15) is 0 Å². The summed E-state index contributed by atoms with van der Waals surface area (Å²) < 4.78 is 30.6. The number of fused-ring (bicyclic) bond motifs is 2. The molecule has 10 heteroatoms. The Hall–Kier alpha value is -5.35. The SMILES string of the molecule is CCOC(=O)C1=C(C)N=c2s/c(=C\c3ccc(OCc4cccc5ccccc45)c(OC)c3)c(=O)n2[C@@H]1c1ccc(OC)c(OCC)c1. The van der Waals surface area contributed by atoms with E-state index < -0.39 is 12.0 Å². The average Bonchev–Trinajstić information content (AvgIpc) is 3.40. The number of carbonyl (C=O) groups excluding carboxylic acids is 1. The highest BCUT2D eigenvalue weighted by Gasteiger charge is 2.34. The molecule has 0 aliphatic carbocycles. The number of carbonyl (C=O) groups is 1. The number of hydrogen-bond acceptors (Lipinski definition) is 9. The van der Waals surface area contributed by atoms with Crippen LogP contribution in [-0.4, -0.2) is 38.0 Å². The lowest BCUT2D eigenvalue weighted by molar-refractivity contribution is -0.139. The molecule has 6 rings (SSSR count). The number of nitrogens with zero attached hydrogens (tertiary/aromatic N) is 2. The van der Waals surface area contributed by atoms with Crippen LogP contribution in [0.3, 0.4) is 0 Å². The standard InChI is InChI=1S/C38H36N2O7S/c1-6-45-32-21-26(16-18-29(32)43-4)35-34(37(42)46-7-2)23(3)39-38-40(35)36(41)33(48-38)20-24-15-17-30(31(19-24)44-5)47-22-27-13-10-12-25-11-8-9-14-28(25)27/h8-21,35H,6-7,22H2,1-5H3/b33-20-/t35-/m1/s1. The zero-order valence-corrected chi connectivity index (χ0v) is 28.3. The van der Waals surface area contributed by atoms with Crippen LogP contribution in [-0.2, 0) is 16.1 Å². The molecule has 4 aromatic carbocycles. The van der Waals surface area contributed by atoms with Gasteiger partial charge >= 0.3 is 5.97 Å². The van der Waals surface area contributed by atoms with E-state index in [1.807, 2.05) is 49.4 Å². The molecule has 5 aromatic rings. The highest BCUT2D eigenvalue weighted by atomic mass is 32.1. The first kappa shape index (κ1) is 32.6. The van der Waals surface area contributed by atoms with Crippen LogP contribution in [0.1, 0.15) is 43.5 Å². The normalized spacial score (nSPS) is 14.4. The molecule has 9 nitrogen and oxygen atoms in total. The molecule has 1 aromatic heterocycles.